The van der Waals surface area contributed by atoms with Gasteiger partial charge in [0.05, 0.1) is 6.04 Å². The van der Waals surface area contributed by atoms with Crippen LogP contribution >= 0.6 is 27.5 Å². The Bertz CT molecular complexity index is 643. The van der Waals surface area contributed by atoms with Crippen LogP contribution in [0.4, 0.5) is 4.39 Å². The van der Waals surface area contributed by atoms with Crippen LogP contribution in [0.5, 0.6) is 0 Å². The molecule has 0 saturated heterocycles. The van der Waals surface area contributed by atoms with E-state index in [0.29, 0.717) is 10.6 Å². The third kappa shape index (κ3) is 3.05. The molecule has 4 heteroatoms. The van der Waals surface area contributed by atoms with E-state index in [1.807, 2.05) is 19.2 Å². The van der Waals surface area contributed by atoms with Crippen LogP contribution in [0.25, 0.3) is 0 Å². The van der Waals surface area contributed by atoms with Crippen molar-refractivity contribution in [1.82, 2.24) is 5.32 Å². The molecule has 1 unspecified atom stereocenters. The van der Waals surface area contributed by atoms with Gasteiger partial charge in [-0.15, -0.1) is 0 Å². The fourth-order valence-electron chi connectivity index (χ4n) is 2.30. The van der Waals surface area contributed by atoms with Crippen LogP contribution in [0.3, 0.4) is 0 Å². The Morgan fingerprint density at radius 1 is 1.10 bits per heavy atom. The molecular formula is C16H16BrClFN. The van der Waals surface area contributed by atoms with Crippen molar-refractivity contribution in [2.75, 3.05) is 7.05 Å². The largest absolute Gasteiger partial charge is 0.309 e. The first-order valence-electron chi connectivity index (χ1n) is 6.33. The number of nitrogens with one attached hydrogen (secondary N) is 1. The lowest BCUT2D eigenvalue weighted by Crippen LogP contribution is -2.19. The molecular weight excluding hydrogens is 341 g/mol. The summed E-state index contributed by atoms with van der Waals surface area (Å²) in [5.41, 5.74) is 3.76. The summed E-state index contributed by atoms with van der Waals surface area (Å²) in [4.78, 5) is 0. The summed E-state index contributed by atoms with van der Waals surface area (Å²) in [5.74, 6) is -0.278. The minimum atomic E-state index is -0.278. The van der Waals surface area contributed by atoms with E-state index in [2.05, 4.69) is 34.2 Å². The Kier molecular flexibility index (Phi) is 4.84. The highest BCUT2D eigenvalue weighted by Crippen LogP contribution is 2.32. The van der Waals surface area contributed by atoms with Crippen molar-refractivity contribution in [3.8, 4) is 0 Å². The second kappa shape index (κ2) is 6.25. The number of aryl methyl sites for hydroxylation is 2. The fourth-order valence-corrected chi connectivity index (χ4v) is 2.94. The van der Waals surface area contributed by atoms with E-state index >= 15 is 0 Å². The molecule has 0 amide bonds. The molecule has 0 aliphatic heterocycles. The van der Waals surface area contributed by atoms with Crippen molar-refractivity contribution in [2.45, 2.75) is 19.9 Å². The van der Waals surface area contributed by atoms with Crippen LogP contribution in [-0.2, 0) is 0 Å². The smallest absolute Gasteiger partial charge is 0.127 e. The lowest BCUT2D eigenvalue weighted by molar-refractivity contribution is 0.614. The monoisotopic (exact) mass is 355 g/mol. The molecule has 0 aliphatic rings. The van der Waals surface area contributed by atoms with E-state index in [4.69, 9.17) is 11.6 Å². The van der Waals surface area contributed by atoms with E-state index in [9.17, 15) is 4.39 Å². The van der Waals surface area contributed by atoms with Gasteiger partial charge >= 0.3 is 0 Å². The Balaban J connectivity index is 2.58. The zero-order valence-electron chi connectivity index (χ0n) is 11.6. The Labute approximate surface area is 132 Å². The molecule has 0 saturated carbocycles. The van der Waals surface area contributed by atoms with Gasteiger partial charge in [-0.1, -0.05) is 33.6 Å². The molecule has 2 aromatic carbocycles. The zero-order chi connectivity index (χ0) is 14.9. The van der Waals surface area contributed by atoms with E-state index in [-0.39, 0.29) is 11.9 Å². The molecule has 0 spiro atoms. The van der Waals surface area contributed by atoms with Gasteiger partial charge in [0.1, 0.15) is 5.82 Å². The maximum Gasteiger partial charge on any atom is 0.127 e. The van der Waals surface area contributed by atoms with E-state index in [1.54, 1.807) is 13.0 Å². The van der Waals surface area contributed by atoms with Gasteiger partial charge in [0, 0.05) is 9.50 Å². The predicted octanol–water partition coefficient (Wildman–Crippen LogP) is 5.17. The predicted molar refractivity (Wildman–Crippen MR) is 85.9 cm³/mol. The molecule has 106 valence electrons. The molecule has 1 nitrogen and oxygen atoms in total. The first-order valence-corrected chi connectivity index (χ1v) is 7.50. The molecule has 2 aromatic rings. The number of benzene rings is 2. The summed E-state index contributed by atoms with van der Waals surface area (Å²) in [6.45, 7) is 3.80. The summed E-state index contributed by atoms with van der Waals surface area (Å²) in [5, 5.41) is 3.70. The first-order chi connectivity index (χ1) is 9.43. The first kappa shape index (κ1) is 15.5. The Morgan fingerprint density at radius 3 is 2.45 bits per heavy atom. The van der Waals surface area contributed by atoms with E-state index < -0.39 is 0 Å². The molecule has 1 N–H and O–H groups in total. The topological polar surface area (TPSA) is 12.0 Å². The van der Waals surface area contributed by atoms with Gasteiger partial charge in [0.2, 0.25) is 0 Å². The van der Waals surface area contributed by atoms with Crippen LogP contribution in [0.2, 0.25) is 5.02 Å². The van der Waals surface area contributed by atoms with Crippen LogP contribution in [0.15, 0.2) is 34.8 Å². The lowest BCUT2D eigenvalue weighted by Gasteiger charge is -2.21. The highest BCUT2D eigenvalue weighted by Gasteiger charge is 2.19. The summed E-state index contributed by atoms with van der Waals surface area (Å²) >= 11 is 9.72. The number of rotatable bonds is 3. The number of halogens is 3. The second-order valence-electron chi connectivity index (χ2n) is 4.85. The van der Waals surface area contributed by atoms with Crippen molar-refractivity contribution >= 4 is 27.5 Å². The standard InChI is InChI=1S/C16H16BrClFN/c1-9-4-5-11(17)7-12(9)16(20-3)13-6-10(2)15(19)8-14(13)18/h4-8,16,20H,1-3H3. The highest BCUT2D eigenvalue weighted by molar-refractivity contribution is 9.10. The second-order valence-corrected chi connectivity index (χ2v) is 6.17. The summed E-state index contributed by atoms with van der Waals surface area (Å²) < 4.78 is 14.6. The minimum absolute atomic E-state index is 0.0701. The van der Waals surface area contributed by atoms with Crippen LogP contribution < -0.4 is 5.32 Å². The number of hydrogen-bond donors (Lipinski definition) is 1. The van der Waals surface area contributed by atoms with E-state index in [1.165, 1.54) is 6.07 Å². The normalized spacial score (nSPS) is 12.5. The third-order valence-electron chi connectivity index (χ3n) is 3.43. The Hall–Kier alpha value is -0.900. The SMILES string of the molecule is CNC(c1cc(Br)ccc1C)c1cc(C)c(F)cc1Cl. The van der Waals surface area contributed by atoms with Gasteiger partial charge in [-0.2, -0.15) is 0 Å². The van der Waals surface area contributed by atoms with E-state index in [0.717, 1.165) is 21.2 Å². The summed E-state index contributed by atoms with van der Waals surface area (Å²) in [7, 11) is 1.88. The molecule has 0 radical (unpaired) electrons. The van der Waals surface area contributed by atoms with Crippen molar-refractivity contribution < 1.29 is 4.39 Å². The molecule has 20 heavy (non-hydrogen) atoms. The molecule has 1 atom stereocenters. The molecule has 2 rings (SSSR count). The van der Waals surface area contributed by atoms with Crippen LogP contribution in [0, 0.1) is 19.7 Å². The average Bonchev–Trinajstić information content (AvgIpc) is 2.40. The highest BCUT2D eigenvalue weighted by atomic mass is 79.9. The van der Waals surface area contributed by atoms with Crippen LogP contribution in [-0.4, -0.2) is 7.05 Å². The zero-order valence-corrected chi connectivity index (χ0v) is 13.9. The van der Waals surface area contributed by atoms with Gasteiger partial charge in [-0.3, -0.25) is 0 Å². The van der Waals surface area contributed by atoms with Crippen LogP contribution in [0.1, 0.15) is 28.3 Å². The molecule has 0 heterocycles. The average molecular weight is 357 g/mol. The van der Waals surface area contributed by atoms with Gasteiger partial charge in [-0.05, 0) is 67.4 Å². The summed E-state index contributed by atoms with van der Waals surface area (Å²) in [6.07, 6.45) is 0. The summed E-state index contributed by atoms with van der Waals surface area (Å²) in [6, 6.07) is 9.23. The maximum atomic E-state index is 13.6. The molecule has 0 fully saturated rings. The maximum absolute atomic E-state index is 13.6. The fraction of sp³-hybridized carbons (Fsp3) is 0.250. The minimum Gasteiger partial charge on any atom is -0.309 e. The third-order valence-corrected chi connectivity index (χ3v) is 4.25. The molecule has 0 aliphatic carbocycles. The van der Waals surface area contributed by atoms with Crippen molar-refractivity contribution in [1.29, 1.82) is 0 Å². The van der Waals surface area contributed by atoms with Gasteiger partial charge in [-0.25, -0.2) is 4.39 Å². The quantitative estimate of drug-likeness (QED) is 0.800. The molecule has 0 aromatic heterocycles. The van der Waals surface area contributed by atoms with Crippen molar-refractivity contribution in [3.05, 3.63) is 67.9 Å². The number of hydrogen-bond acceptors (Lipinski definition) is 1. The van der Waals surface area contributed by atoms with Crippen molar-refractivity contribution in [3.63, 3.8) is 0 Å². The molecule has 0 bridgehead atoms. The van der Waals surface area contributed by atoms with Crippen molar-refractivity contribution in [2.24, 2.45) is 0 Å². The lowest BCUT2D eigenvalue weighted by atomic mass is 9.94. The Morgan fingerprint density at radius 2 is 1.80 bits per heavy atom. The van der Waals surface area contributed by atoms with Gasteiger partial charge < -0.3 is 5.32 Å². The van der Waals surface area contributed by atoms with Gasteiger partial charge in [0.25, 0.3) is 0 Å². The van der Waals surface area contributed by atoms with Gasteiger partial charge in [0.15, 0.2) is 0 Å².